The number of benzene rings is 2. The highest BCUT2D eigenvalue weighted by molar-refractivity contribution is 9.10. The monoisotopic (exact) mass is 401 g/mol. The minimum atomic E-state index is 0.350. The molecule has 1 N–H and O–H groups in total. The molecule has 0 saturated heterocycles. The molecule has 0 aromatic heterocycles. The van der Waals surface area contributed by atoms with E-state index >= 15 is 0 Å². The van der Waals surface area contributed by atoms with Crippen LogP contribution in [-0.2, 0) is 6.54 Å². The van der Waals surface area contributed by atoms with E-state index in [1.165, 1.54) is 16.0 Å². The van der Waals surface area contributed by atoms with Crippen LogP contribution in [0, 0.1) is 0 Å². The minimum Gasteiger partial charge on any atom is -0.306 e. The van der Waals surface area contributed by atoms with E-state index in [4.69, 9.17) is 23.2 Å². The van der Waals surface area contributed by atoms with Gasteiger partial charge in [-0.3, -0.25) is 0 Å². The molecule has 0 spiro atoms. The van der Waals surface area contributed by atoms with Crippen LogP contribution in [0.1, 0.15) is 23.6 Å². The Labute approximate surface area is 147 Å². The summed E-state index contributed by atoms with van der Waals surface area (Å²) >= 11 is 17.6. The van der Waals surface area contributed by atoms with Crippen LogP contribution in [0.3, 0.4) is 0 Å². The van der Waals surface area contributed by atoms with Crippen LogP contribution in [-0.4, -0.2) is 5.75 Å². The molecule has 0 aliphatic carbocycles. The van der Waals surface area contributed by atoms with Gasteiger partial charge in [0.05, 0.1) is 0 Å². The Bertz CT molecular complexity index is 663. The number of thioether (sulfide) groups is 1. The molecule has 1 heterocycles. The van der Waals surface area contributed by atoms with Crippen LogP contribution in [0.5, 0.6) is 0 Å². The second kappa shape index (κ2) is 6.93. The van der Waals surface area contributed by atoms with E-state index < -0.39 is 0 Å². The molecule has 1 aliphatic heterocycles. The van der Waals surface area contributed by atoms with Gasteiger partial charge >= 0.3 is 0 Å². The molecule has 1 nitrogen and oxygen atoms in total. The highest BCUT2D eigenvalue weighted by Gasteiger charge is 2.20. The zero-order chi connectivity index (χ0) is 14.8. The van der Waals surface area contributed by atoms with Gasteiger partial charge in [-0.15, -0.1) is 11.8 Å². The molecule has 5 heteroatoms. The van der Waals surface area contributed by atoms with Crippen LogP contribution in [0.2, 0.25) is 10.0 Å². The van der Waals surface area contributed by atoms with Crippen molar-refractivity contribution >= 4 is 50.9 Å². The average molecular weight is 403 g/mol. The third-order valence-electron chi connectivity index (χ3n) is 3.57. The van der Waals surface area contributed by atoms with Crippen molar-refractivity contribution in [2.45, 2.75) is 23.9 Å². The van der Waals surface area contributed by atoms with Crippen molar-refractivity contribution in [2.75, 3.05) is 5.75 Å². The predicted molar refractivity (Wildman–Crippen MR) is 95.5 cm³/mol. The summed E-state index contributed by atoms with van der Waals surface area (Å²) in [6, 6.07) is 12.4. The van der Waals surface area contributed by atoms with E-state index in [1.54, 1.807) is 0 Å². The molecule has 0 saturated carbocycles. The van der Waals surface area contributed by atoms with Gasteiger partial charge in [0.1, 0.15) is 0 Å². The molecule has 2 aromatic carbocycles. The van der Waals surface area contributed by atoms with Crippen LogP contribution in [0.15, 0.2) is 45.8 Å². The summed E-state index contributed by atoms with van der Waals surface area (Å²) in [6.07, 6.45) is 1.11. The third kappa shape index (κ3) is 3.77. The van der Waals surface area contributed by atoms with Gasteiger partial charge in [-0.1, -0.05) is 45.2 Å². The van der Waals surface area contributed by atoms with E-state index in [1.807, 2.05) is 30.0 Å². The molecule has 1 unspecified atom stereocenters. The number of halogens is 3. The molecule has 0 amide bonds. The van der Waals surface area contributed by atoms with E-state index in [2.05, 4.69) is 39.4 Å². The van der Waals surface area contributed by atoms with Crippen molar-refractivity contribution < 1.29 is 0 Å². The van der Waals surface area contributed by atoms with Crippen LogP contribution in [0.25, 0.3) is 0 Å². The van der Waals surface area contributed by atoms with E-state index in [-0.39, 0.29) is 0 Å². The van der Waals surface area contributed by atoms with Gasteiger partial charge in [-0.25, -0.2) is 0 Å². The number of hydrogen-bond acceptors (Lipinski definition) is 2. The van der Waals surface area contributed by atoms with E-state index in [0.717, 1.165) is 33.2 Å². The number of rotatable bonds is 3. The second-order valence-electron chi connectivity index (χ2n) is 4.99. The first kappa shape index (κ1) is 15.7. The Morgan fingerprint density at radius 3 is 2.71 bits per heavy atom. The lowest BCUT2D eigenvalue weighted by Gasteiger charge is -2.26. The molecule has 0 radical (unpaired) electrons. The lowest BCUT2D eigenvalue weighted by Crippen LogP contribution is -2.24. The van der Waals surface area contributed by atoms with Crippen molar-refractivity contribution in [2.24, 2.45) is 0 Å². The number of nitrogens with one attached hydrogen (secondary N) is 1. The Kier molecular flexibility index (Phi) is 5.18. The highest BCUT2D eigenvalue weighted by Crippen LogP contribution is 2.37. The SMILES string of the molecule is Clc1ccc(CNC2CCSc3ccc(Cl)cc32)c(Br)c1. The summed E-state index contributed by atoms with van der Waals surface area (Å²) < 4.78 is 1.04. The van der Waals surface area contributed by atoms with Gasteiger partial charge in [0.2, 0.25) is 0 Å². The summed E-state index contributed by atoms with van der Waals surface area (Å²) in [5, 5.41) is 5.19. The molecule has 2 aromatic rings. The molecule has 0 bridgehead atoms. The maximum Gasteiger partial charge on any atom is 0.0417 e. The maximum absolute atomic E-state index is 6.14. The van der Waals surface area contributed by atoms with E-state index in [0.29, 0.717) is 6.04 Å². The van der Waals surface area contributed by atoms with Crippen molar-refractivity contribution in [1.82, 2.24) is 5.32 Å². The fourth-order valence-electron chi connectivity index (χ4n) is 2.48. The molecule has 0 fully saturated rings. The van der Waals surface area contributed by atoms with Gasteiger partial charge in [0, 0.05) is 32.0 Å². The van der Waals surface area contributed by atoms with Gasteiger partial charge in [-0.2, -0.15) is 0 Å². The fraction of sp³-hybridized carbons (Fsp3) is 0.250. The Balaban J connectivity index is 1.76. The highest BCUT2D eigenvalue weighted by atomic mass is 79.9. The van der Waals surface area contributed by atoms with Crippen molar-refractivity contribution in [1.29, 1.82) is 0 Å². The first-order chi connectivity index (χ1) is 10.1. The maximum atomic E-state index is 6.14. The molecule has 1 aliphatic rings. The summed E-state index contributed by atoms with van der Waals surface area (Å²) in [5.41, 5.74) is 2.52. The largest absolute Gasteiger partial charge is 0.306 e. The molecule has 1 atom stereocenters. The zero-order valence-electron chi connectivity index (χ0n) is 11.2. The van der Waals surface area contributed by atoms with Gasteiger partial charge in [-0.05, 0) is 53.6 Å². The standard InChI is InChI=1S/C16H14BrCl2NS/c17-14-8-12(19)2-1-10(14)9-20-15-5-6-21-16-4-3-11(18)7-13(15)16/h1-4,7-8,15,20H,5-6,9H2. The zero-order valence-corrected chi connectivity index (χ0v) is 15.1. The smallest absolute Gasteiger partial charge is 0.0417 e. The normalized spacial score (nSPS) is 17.6. The van der Waals surface area contributed by atoms with Crippen LogP contribution in [0.4, 0.5) is 0 Å². The quantitative estimate of drug-likeness (QED) is 0.667. The molecular formula is C16H14BrCl2NS. The molecule has 21 heavy (non-hydrogen) atoms. The van der Waals surface area contributed by atoms with Crippen molar-refractivity contribution in [3.8, 4) is 0 Å². The Morgan fingerprint density at radius 2 is 1.90 bits per heavy atom. The second-order valence-corrected chi connectivity index (χ2v) is 7.85. The lowest BCUT2D eigenvalue weighted by molar-refractivity contribution is 0.509. The number of hydrogen-bond donors (Lipinski definition) is 1. The topological polar surface area (TPSA) is 12.0 Å². The van der Waals surface area contributed by atoms with Crippen LogP contribution < -0.4 is 5.32 Å². The molecular weight excluding hydrogens is 389 g/mol. The summed E-state index contributed by atoms with van der Waals surface area (Å²) in [6.45, 7) is 0.805. The first-order valence-corrected chi connectivity index (χ1v) is 9.26. The minimum absolute atomic E-state index is 0.350. The fourth-order valence-corrected chi connectivity index (χ4v) is 4.58. The lowest BCUT2D eigenvalue weighted by atomic mass is 10.0. The Hall–Kier alpha value is -0.190. The van der Waals surface area contributed by atoms with Crippen molar-refractivity contribution in [3.05, 3.63) is 62.0 Å². The average Bonchev–Trinajstić information content (AvgIpc) is 2.46. The Morgan fingerprint density at radius 1 is 1.14 bits per heavy atom. The van der Waals surface area contributed by atoms with E-state index in [9.17, 15) is 0 Å². The summed E-state index contributed by atoms with van der Waals surface area (Å²) in [7, 11) is 0. The van der Waals surface area contributed by atoms with Gasteiger partial charge in [0.25, 0.3) is 0 Å². The van der Waals surface area contributed by atoms with Crippen LogP contribution >= 0.6 is 50.9 Å². The first-order valence-electron chi connectivity index (χ1n) is 6.73. The predicted octanol–water partition coefficient (Wildman–Crippen LogP) is 6.08. The number of fused-ring (bicyclic) bond motifs is 1. The van der Waals surface area contributed by atoms with Gasteiger partial charge in [0.15, 0.2) is 0 Å². The summed E-state index contributed by atoms with van der Waals surface area (Å²) in [5.74, 6) is 1.13. The van der Waals surface area contributed by atoms with Gasteiger partial charge < -0.3 is 5.32 Å². The third-order valence-corrected chi connectivity index (χ3v) is 5.90. The van der Waals surface area contributed by atoms with Crippen molar-refractivity contribution in [3.63, 3.8) is 0 Å². The molecule has 110 valence electrons. The summed E-state index contributed by atoms with van der Waals surface area (Å²) in [4.78, 5) is 1.33. The molecule has 3 rings (SSSR count).